The Kier molecular flexibility index (Phi) is 6.66. The number of aromatic nitrogens is 1. The number of pyridine rings is 1. The summed E-state index contributed by atoms with van der Waals surface area (Å²) in [6, 6.07) is 10.6. The maximum atomic E-state index is 12.7. The molecule has 1 aromatic heterocycles. The van der Waals surface area contributed by atoms with Crippen molar-refractivity contribution in [1.82, 2.24) is 14.8 Å². The summed E-state index contributed by atoms with van der Waals surface area (Å²) in [6.07, 6.45) is 3.03. The van der Waals surface area contributed by atoms with Gasteiger partial charge in [0, 0.05) is 56.8 Å². The van der Waals surface area contributed by atoms with Gasteiger partial charge in [-0.05, 0) is 30.3 Å². The number of carbonyl (C=O) groups is 2. The third-order valence-electron chi connectivity index (χ3n) is 5.64. The van der Waals surface area contributed by atoms with E-state index >= 15 is 0 Å². The molecular formula is C23H27N3O5. The number of morpholine rings is 1. The zero-order valence-electron chi connectivity index (χ0n) is 17.7. The zero-order chi connectivity index (χ0) is 21.6. The normalized spacial score (nSPS) is 17.3. The molecule has 2 amide bonds. The maximum absolute atomic E-state index is 12.7. The number of ether oxygens (including phenoxy) is 3. The lowest BCUT2D eigenvalue weighted by Crippen LogP contribution is -2.42. The first-order valence-electron chi connectivity index (χ1n) is 10.6. The smallest absolute Gasteiger partial charge is 0.255 e. The van der Waals surface area contributed by atoms with Crippen molar-refractivity contribution < 1.29 is 23.8 Å². The molecule has 1 aromatic carbocycles. The van der Waals surface area contributed by atoms with Crippen LogP contribution < -0.4 is 9.47 Å². The Labute approximate surface area is 181 Å². The lowest BCUT2D eigenvalue weighted by molar-refractivity contribution is 0.0302. The van der Waals surface area contributed by atoms with E-state index in [4.69, 9.17) is 14.2 Å². The number of likely N-dealkylation sites (tertiary alicyclic amines) is 1. The van der Waals surface area contributed by atoms with Gasteiger partial charge >= 0.3 is 0 Å². The number of piperidine rings is 1. The predicted octanol–water partition coefficient (Wildman–Crippen LogP) is 2.25. The van der Waals surface area contributed by atoms with Crippen LogP contribution >= 0.6 is 0 Å². The molecule has 2 fully saturated rings. The SMILES string of the molecule is COc1ccc(C(=O)N2CCC(Oc3ccc(C(=O)N4CCOCC4)cn3)CC2)cc1. The molecular weight excluding hydrogens is 398 g/mol. The van der Waals surface area contributed by atoms with Gasteiger partial charge in [0.25, 0.3) is 11.8 Å². The number of hydrogen-bond donors (Lipinski definition) is 0. The van der Waals surface area contributed by atoms with Gasteiger partial charge in [0.15, 0.2) is 0 Å². The van der Waals surface area contributed by atoms with E-state index in [2.05, 4.69) is 4.98 Å². The Morgan fingerprint density at radius 1 is 0.903 bits per heavy atom. The molecule has 31 heavy (non-hydrogen) atoms. The van der Waals surface area contributed by atoms with Gasteiger partial charge in [-0.15, -0.1) is 0 Å². The summed E-state index contributed by atoms with van der Waals surface area (Å²) in [5.74, 6) is 1.21. The van der Waals surface area contributed by atoms with Crippen molar-refractivity contribution in [3.8, 4) is 11.6 Å². The van der Waals surface area contributed by atoms with Gasteiger partial charge in [-0.1, -0.05) is 0 Å². The van der Waals surface area contributed by atoms with Crippen LogP contribution in [0.15, 0.2) is 42.6 Å². The van der Waals surface area contributed by atoms with Crippen LogP contribution in [0.4, 0.5) is 0 Å². The predicted molar refractivity (Wildman–Crippen MR) is 114 cm³/mol. The Hall–Kier alpha value is -3.13. The highest BCUT2D eigenvalue weighted by molar-refractivity contribution is 5.94. The Morgan fingerprint density at radius 3 is 2.13 bits per heavy atom. The highest BCUT2D eigenvalue weighted by Crippen LogP contribution is 2.20. The number of amides is 2. The molecule has 3 heterocycles. The first kappa shape index (κ1) is 21.1. The molecule has 8 heteroatoms. The minimum Gasteiger partial charge on any atom is -0.497 e. The van der Waals surface area contributed by atoms with Crippen LogP contribution in [0.2, 0.25) is 0 Å². The molecule has 2 aliphatic heterocycles. The standard InChI is InChI=1S/C23H27N3O5/c1-29-19-5-2-17(3-6-19)22(27)25-10-8-20(9-11-25)31-21-7-4-18(16-24-21)23(28)26-12-14-30-15-13-26/h2-7,16,20H,8-15H2,1H3. The van der Waals surface area contributed by atoms with Gasteiger partial charge in [-0.2, -0.15) is 0 Å². The lowest BCUT2D eigenvalue weighted by atomic mass is 10.1. The summed E-state index contributed by atoms with van der Waals surface area (Å²) >= 11 is 0. The van der Waals surface area contributed by atoms with E-state index in [1.54, 1.807) is 54.6 Å². The van der Waals surface area contributed by atoms with Crippen molar-refractivity contribution in [2.45, 2.75) is 18.9 Å². The summed E-state index contributed by atoms with van der Waals surface area (Å²) in [7, 11) is 1.60. The van der Waals surface area contributed by atoms with Gasteiger partial charge < -0.3 is 24.0 Å². The summed E-state index contributed by atoms with van der Waals surface area (Å²) < 4.78 is 16.4. The second-order valence-corrected chi connectivity index (χ2v) is 7.63. The molecule has 0 atom stereocenters. The van der Waals surface area contributed by atoms with Gasteiger partial charge in [0.1, 0.15) is 11.9 Å². The molecule has 0 N–H and O–H groups in total. The average molecular weight is 425 g/mol. The Balaban J connectivity index is 1.27. The highest BCUT2D eigenvalue weighted by atomic mass is 16.5. The molecule has 164 valence electrons. The van der Waals surface area contributed by atoms with Crippen molar-refractivity contribution in [2.24, 2.45) is 0 Å². The van der Waals surface area contributed by atoms with Crippen molar-refractivity contribution in [3.05, 3.63) is 53.7 Å². The highest BCUT2D eigenvalue weighted by Gasteiger charge is 2.25. The van der Waals surface area contributed by atoms with Crippen LogP contribution in [0.25, 0.3) is 0 Å². The van der Waals surface area contributed by atoms with Crippen molar-refractivity contribution in [1.29, 1.82) is 0 Å². The first-order chi connectivity index (χ1) is 15.1. The van der Waals surface area contributed by atoms with E-state index in [-0.39, 0.29) is 17.9 Å². The van der Waals surface area contributed by atoms with Crippen molar-refractivity contribution >= 4 is 11.8 Å². The fourth-order valence-corrected chi connectivity index (χ4v) is 3.79. The molecule has 2 aliphatic rings. The second kappa shape index (κ2) is 9.78. The quantitative estimate of drug-likeness (QED) is 0.731. The van der Waals surface area contributed by atoms with E-state index in [1.165, 1.54) is 0 Å². The number of benzene rings is 1. The average Bonchev–Trinajstić information content (AvgIpc) is 2.85. The van der Waals surface area contributed by atoms with Gasteiger partial charge in [0.2, 0.25) is 5.88 Å². The molecule has 0 unspecified atom stereocenters. The first-order valence-corrected chi connectivity index (χ1v) is 10.6. The Morgan fingerprint density at radius 2 is 1.52 bits per heavy atom. The van der Waals surface area contributed by atoms with Crippen molar-refractivity contribution in [3.63, 3.8) is 0 Å². The van der Waals surface area contributed by atoms with Crippen LogP contribution in [0.1, 0.15) is 33.6 Å². The fourth-order valence-electron chi connectivity index (χ4n) is 3.79. The number of rotatable bonds is 5. The third kappa shape index (κ3) is 5.14. The van der Waals surface area contributed by atoms with Crippen LogP contribution in [-0.4, -0.2) is 79.2 Å². The minimum absolute atomic E-state index is 0.00629. The lowest BCUT2D eigenvalue weighted by Gasteiger charge is -2.32. The molecule has 4 rings (SSSR count). The van der Waals surface area contributed by atoms with Crippen LogP contribution in [-0.2, 0) is 4.74 Å². The molecule has 0 bridgehead atoms. The van der Waals surface area contributed by atoms with Crippen LogP contribution in [0, 0.1) is 0 Å². The van der Waals surface area contributed by atoms with Gasteiger partial charge in [-0.3, -0.25) is 9.59 Å². The minimum atomic E-state index is -0.0345. The fraction of sp³-hybridized carbons (Fsp3) is 0.435. The van der Waals surface area contributed by atoms with Crippen LogP contribution in [0.5, 0.6) is 11.6 Å². The third-order valence-corrected chi connectivity index (χ3v) is 5.64. The largest absolute Gasteiger partial charge is 0.497 e. The van der Waals surface area contributed by atoms with E-state index in [0.717, 1.165) is 18.6 Å². The van der Waals surface area contributed by atoms with E-state index in [9.17, 15) is 9.59 Å². The summed E-state index contributed by atoms with van der Waals surface area (Å²) in [4.78, 5) is 33.1. The summed E-state index contributed by atoms with van der Waals surface area (Å²) in [5.41, 5.74) is 1.21. The summed E-state index contributed by atoms with van der Waals surface area (Å²) in [6.45, 7) is 3.60. The van der Waals surface area contributed by atoms with Gasteiger partial charge in [0.05, 0.1) is 25.9 Å². The zero-order valence-corrected chi connectivity index (χ0v) is 17.7. The number of carbonyl (C=O) groups excluding carboxylic acids is 2. The monoisotopic (exact) mass is 425 g/mol. The van der Waals surface area contributed by atoms with Crippen molar-refractivity contribution in [2.75, 3.05) is 46.5 Å². The molecule has 0 saturated carbocycles. The molecule has 0 spiro atoms. The molecule has 0 aliphatic carbocycles. The number of hydrogen-bond acceptors (Lipinski definition) is 6. The summed E-state index contributed by atoms with van der Waals surface area (Å²) in [5, 5.41) is 0. The molecule has 2 saturated heterocycles. The van der Waals surface area contributed by atoms with Crippen LogP contribution in [0.3, 0.4) is 0 Å². The number of methoxy groups -OCH3 is 1. The molecule has 0 radical (unpaired) electrons. The van der Waals surface area contributed by atoms with E-state index in [0.29, 0.717) is 56.4 Å². The van der Waals surface area contributed by atoms with E-state index < -0.39 is 0 Å². The molecule has 8 nitrogen and oxygen atoms in total. The van der Waals surface area contributed by atoms with E-state index in [1.807, 2.05) is 4.90 Å². The molecule has 2 aromatic rings. The topological polar surface area (TPSA) is 81.2 Å². The Bertz CT molecular complexity index is 886. The number of nitrogens with zero attached hydrogens (tertiary/aromatic N) is 3. The second-order valence-electron chi connectivity index (χ2n) is 7.63. The maximum Gasteiger partial charge on any atom is 0.255 e. The van der Waals surface area contributed by atoms with Gasteiger partial charge in [-0.25, -0.2) is 4.98 Å².